The van der Waals surface area contributed by atoms with E-state index < -0.39 is 20.4 Å². The van der Waals surface area contributed by atoms with Crippen molar-refractivity contribution in [3.63, 3.8) is 0 Å². The van der Waals surface area contributed by atoms with E-state index in [4.69, 9.17) is 9.16 Å². The minimum absolute atomic E-state index is 0.0475. The Morgan fingerprint density at radius 3 is 2.15 bits per heavy atom. The molecule has 0 aliphatic heterocycles. The lowest BCUT2D eigenvalue weighted by Gasteiger charge is -2.28. The zero-order chi connectivity index (χ0) is 15.9. The van der Waals surface area contributed by atoms with Crippen molar-refractivity contribution in [1.82, 2.24) is 0 Å². The van der Waals surface area contributed by atoms with E-state index in [0.717, 1.165) is 5.57 Å². The lowest BCUT2D eigenvalue weighted by atomic mass is 9.97. The molecule has 0 rings (SSSR count). The third-order valence-corrected chi connectivity index (χ3v) is 3.46. The number of carbonyl (C=O) groups excluding carboxylic acids is 2. The topological polar surface area (TPSA) is 52.6 Å². The number of hydrogen-bond donors (Lipinski definition) is 0. The number of Topliss-reactive ketones (excluding diaryl/α,β-unsaturated/α-hetero) is 1. The molecule has 0 aliphatic carbocycles. The molecule has 0 aliphatic rings. The minimum atomic E-state index is -1.87. The maximum absolute atomic E-state index is 12.3. The summed E-state index contributed by atoms with van der Waals surface area (Å²) in [6.07, 6.45) is 1.22. The first kappa shape index (κ1) is 19.1. The third-order valence-electron chi connectivity index (χ3n) is 2.50. The second kappa shape index (κ2) is 8.37. The van der Waals surface area contributed by atoms with Crippen molar-refractivity contribution < 1.29 is 18.8 Å². The van der Waals surface area contributed by atoms with Gasteiger partial charge in [0, 0.05) is 5.92 Å². The Morgan fingerprint density at radius 1 is 1.20 bits per heavy atom. The first-order chi connectivity index (χ1) is 9.06. The molecule has 0 spiro atoms. The molecule has 0 unspecified atom stereocenters. The Bertz CT molecular complexity index is 365. The van der Waals surface area contributed by atoms with Gasteiger partial charge >= 0.3 is 5.97 Å². The Labute approximate surface area is 123 Å². The van der Waals surface area contributed by atoms with Crippen LogP contribution in [-0.2, 0) is 18.8 Å². The Morgan fingerprint density at radius 2 is 1.75 bits per heavy atom. The lowest BCUT2D eigenvalue weighted by molar-refractivity contribution is -0.147. The molecule has 0 amide bonds. The van der Waals surface area contributed by atoms with Crippen LogP contribution in [0.15, 0.2) is 11.6 Å². The van der Waals surface area contributed by atoms with Gasteiger partial charge in [-0.05, 0) is 40.4 Å². The van der Waals surface area contributed by atoms with E-state index in [2.05, 4.69) is 0 Å². The second-order valence-corrected chi connectivity index (χ2v) is 10.7. The van der Waals surface area contributed by atoms with E-state index in [0.29, 0.717) is 0 Å². The monoisotopic (exact) mass is 300 g/mol. The fourth-order valence-electron chi connectivity index (χ4n) is 1.92. The maximum Gasteiger partial charge on any atom is 0.313 e. The molecular formula is C15H28O4Si. The predicted molar refractivity (Wildman–Crippen MR) is 83.1 cm³/mol. The largest absolute Gasteiger partial charge is 0.466 e. The van der Waals surface area contributed by atoms with Crippen molar-refractivity contribution in [2.24, 2.45) is 5.92 Å². The first-order valence-corrected chi connectivity index (χ1v) is 10.5. The summed E-state index contributed by atoms with van der Waals surface area (Å²) in [7, 11) is -1.87. The van der Waals surface area contributed by atoms with Crippen molar-refractivity contribution in [3.05, 3.63) is 11.6 Å². The van der Waals surface area contributed by atoms with Crippen LogP contribution in [0.2, 0.25) is 19.6 Å². The van der Waals surface area contributed by atoms with Crippen LogP contribution in [0.3, 0.4) is 0 Å². The smallest absolute Gasteiger partial charge is 0.313 e. The Balaban J connectivity index is 4.97. The summed E-state index contributed by atoms with van der Waals surface area (Å²) in [5.41, 5.74) is 1.13. The molecule has 116 valence electrons. The maximum atomic E-state index is 12.3. The highest BCUT2D eigenvalue weighted by molar-refractivity contribution is 6.69. The van der Waals surface area contributed by atoms with Crippen molar-refractivity contribution in [1.29, 1.82) is 0 Å². The molecule has 5 heteroatoms. The van der Waals surface area contributed by atoms with Crippen molar-refractivity contribution >= 4 is 20.1 Å². The van der Waals surface area contributed by atoms with Crippen LogP contribution >= 0.6 is 0 Å². The highest BCUT2D eigenvalue weighted by Crippen LogP contribution is 2.19. The number of hydrogen-bond acceptors (Lipinski definition) is 4. The van der Waals surface area contributed by atoms with Gasteiger partial charge in [-0.3, -0.25) is 9.59 Å². The average molecular weight is 300 g/mol. The number of carbonyl (C=O) groups is 2. The van der Waals surface area contributed by atoms with Gasteiger partial charge in [0.05, 0.1) is 6.61 Å². The van der Waals surface area contributed by atoms with Gasteiger partial charge in [0.2, 0.25) is 0 Å². The van der Waals surface area contributed by atoms with Crippen LogP contribution in [0.25, 0.3) is 0 Å². The first-order valence-electron chi connectivity index (χ1n) is 7.08. The molecule has 4 nitrogen and oxygen atoms in total. The number of allylic oxidation sites excluding steroid dienone is 1. The SMILES string of the molecule is CCOC(=O)CC(=O)[C@H](O[Si](C)(C)C)[C@@H](C)C=C(C)C. The van der Waals surface area contributed by atoms with Gasteiger partial charge in [0.25, 0.3) is 0 Å². The van der Waals surface area contributed by atoms with Gasteiger partial charge in [-0.15, -0.1) is 0 Å². The summed E-state index contributed by atoms with van der Waals surface area (Å²) >= 11 is 0. The number of ketones is 1. The Hall–Kier alpha value is -0.943. The zero-order valence-corrected chi connectivity index (χ0v) is 14.8. The number of ether oxygens (including phenoxy) is 1. The molecule has 0 aromatic heterocycles. The summed E-state index contributed by atoms with van der Waals surface area (Å²) < 4.78 is 10.8. The minimum Gasteiger partial charge on any atom is -0.466 e. The van der Waals surface area contributed by atoms with Crippen LogP contribution < -0.4 is 0 Å². The zero-order valence-electron chi connectivity index (χ0n) is 13.8. The molecule has 20 heavy (non-hydrogen) atoms. The fraction of sp³-hybridized carbons (Fsp3) is 0.733. The van der Waals surface area contributed by atoms with E-state index in [9.17, 15) is 9.59 Å². The number of esters is 1. The molecule has 0 aromatic carbocycles. The van der Waals surface area contributed by atoms with Gasteiger partial charge in [-0.2, -0.15) is 0 Å². The molecule has 0 fully saturated rings. The summed E-state index contributed by atoms with van der Waals surface area (Å²) in [5, 5.41) is 0. The van der Waals surface area contributed by atoms with Crippen LogP contribution in [0, 0.1) is 5.92 Å². The lowest BCUT2D eigenvalue weighted by Crippen LogP contribution is -2.41. The van der Waals surface area contributed by atoms with Gasteiger partial charge in [-0.25, -0.2) is 0 Å². The van der Waals surface area contributed by atoms with Gasteiger partial charge in [0.15, 0.2) is 14.1 Å². The average Bonchev–Trinajstić information content (AvgIpc) is 2.23. The fourth-order valence-corrected chi connectivity index (χ4v) is 3.02. The third kappa shape index (κ3) is 8.27. The summed E-state index contributed by atoms with van der Waals surface area (Å²) in [6, 6.07) is 0. The Kier molecular flexibility index (Phi) is 7.97. The molecule has 0 saturated heterocycles. The molecule has 2 atom stereocenters. The molecule has 0 saturated carbocycles. The standard InChI is InChI=1S/C15H28O4Si/c1-8-18-14(17)10-13(16)15(19-20(5,6)7)12(4)9-11(2)3/h9,12,15H,8,10H2,1-7H3/t12-,15+/m0/s1. The van der Waals surface area contributed by atoms with Crippen LogP contribution in [-0.4, -0.2) is 32.8 Å². The van der Waals surface area contributed by atoms with E-state index in [-0.39, 0.29) is 24.7 Å². The molecule has 0 aromatic rings. The van der Waals surface area contributed by atoms with E-state index in [1.165, 1.54) is 0 Å². The molecule has 0 heterocycles. The van der Waals surface area contributed by atoms with E-state index in [1.807, 2.05) is 46.5 Å². The van der Waals surface area contributed by atoms with Crippen LogP contribution in [0.5, 0.6) is 0 Å². The molecule has 0 N–H and O–H groups in total. The highest BCUT2D eigenvalue weighted by atomic mass is 28.4. The van der Waals surface area contributed by atoms with Crippen molar-refractivity contribution in [2.75, 3.05) is 6.61 Å². The van der Waals surface area contributed by atoms with Crippen molar-refractivity contribution in [3.8, 4) is 0 Å². The van der Waals surface area contributed by atoms with E-state index >= 15 is 0 Å². The van der Waals surface area contributed by atoms with Gasteiger partial charge in [-0.1, -0.05) is 18.6 Å². The van der Waals surface area contributed by atoms with Crippen LogP contribution in [0.4, 0.5) is 0 Å². The number of rotatable bonds is 8. The normalized spacial score (nSPS) is 14.3. The quantitative estimate of drug-likeness (QED) is 0.299. The second-order valence-electron chi connectivity index (χ2n) is 6.20. The van der Waals surface area contributed by atoms with Crippen LogP contribution in [0.1, 0.15) is 34.1 Å². The highest BCUT2D eigenvalue weighted by Gasteiger charge is 2.31. The molecular weight excluding hydrogens is 272 g/mol. The van der Waals surface area contributed by atoms with Gasteiger partial charge in [0.1, 0.15) is 12.5 Å². The summed E-state index contributed by atoms with van der Waals surface area (Å²) in [5.74, 6) is -0.726. The summed E-state index contributed by atoms with van der Waals surface area (Å²) in [4.78, 5) is 23.8. The van der Waals surface area contributed by atoms with Gasteiger partial charge < -0.3 is 9.16 Å². The summed E-state index contributed by atoms with van der Waals surface area (Å²) in [6.45, 7) is 14.0. The van der Waals surface area contributed by atoms with E-state index in [1.54, 1.807) is 6.92 Å². The predicted octanol–water partition coefficient (Wildman–Crippen LogP) is 3.33. The molecule has 0 radical (unpaired) electrons. The molecule has 0 bridgehead atoms. The van der Waals surface area contributed by atoms with Crippen molar-refractivity contribution in [2.45, 2.75) is 59.9 Å².